The molecule has 0 bridgehead atoms. The van der Waals surface area contributed by atoms with Crippen LogP contribution in [0.4, 0.5) is 0 Å². The Bertz CT molecular complexity index is 726. The average molecular weight is 317 g/mol. The standard InChI is InChI=1S/C17H17ClN2O2/c1-19-16(21)12-7-8-14(15(18)10-12)11-5-4-6-13(9-11)17(22)20(2)3/h4-10H,1-3H3,(H,19,21). The van der Waals surface area contributed by atoms with Gasteiger partial charge in [-0.15, -0.1) is 0 Å². The average Bonchev–Trinajstić information content (AvgIpc) is 2.53. The van der Waals surface area contributed by atoms with Crippen LogP contribution in [0, 0.1) is 0 Å². The molecule has 1 N–H and O–H groups in total. The summed E-state index contributed by atoms with van der Waals surface area (Å²) in [6.45, 7) is 0. The van der Waals surface area contributed by atoms with Gasteiger partial charge in [0.1, 0.15) is 0 Å². The number of nitrogens with one attached hydrogen (secondary N) is 1. The number of carbonyl (C=O) groups excluding carboxylic acids is 2. The van der Waals surface area contributed by atoms with Gasteiger partial charge in [0.2, 0.25) is 0 Å². The van der Waals surface area contributed by atoms with Gasteiger partial charge < -0.3 is 10.2 Å². The summed E-state index contributed by atoms with van der Waals surface area (Å²) < 4.78 is 0. The predicted molar refractivity (Wildman–Crippen MR) is 88.3 cm³/mol. The number of halogens is 1. The van der Waals surface area contributed by atoms with Gasteiger partial charge in [-0.1, -0.05) is 29.8 Å². The molecule has 5 heteroatoms. The predicted octanol–water partition coefficient (Wildman–Crippen LogP) is 3.07. The zero-order valence-corrected chi connectivity index (χ0v) is 13.4. The number of hydrogen-bond acceptors (Lipinski definition) is 2. The second kappa shape index (κ2) is 6.62. The maximum absolute atomic E-state index is 12.0. The first-order valence-corrected chi connectivity index (χ1v) is 7.15. The van der Waals surface area contributed by atoms with E-state index in [9.17, 15) is 9.59 Å². The van der Waals surface area contributed by atoms with E-state index in [1.807, 2.05) is 12.1 Å². The van der Waals surface area contributed by atoms with Crippen molar-refractivity contribution in [1.82, 2.24) is 10.2 Å². The van der Waals surface area contributed by atoms with E-state index in [1.165, 1.54) is 4.90 Å². The van der Waals surface area contributed by atoms with E-state index in [4.69, 9.17) is 11.6 Å². The lowest BCUT2D eigenvalue weighted by Crippen LogP contribution is -2.21. The van der Waals surface area contributed by atoms with E-state index >= 15 is 0 Å². The van der Waals surface area contributed by atoms with E-state index in [2.05, 4.69) is 5.32 Å². The van der Waals surface area contributed by atoms with E-state index < -0.39 is 0 Å². The highest BCUT2D eigenvalue weighted by molar-refractivity contribution is 6.33. The van der Waals surface area contributed by atoms with Crippen LogP contribution in [-0.4, -0.2) is 37.9 Å². The van der Waals surface area contributed by atoms with E-state index in [0.29, 0.717) is 16.1 Å². The third kappa shape index (κ3) is 3.28. The molecule has 2 aromatic carbocycles. The maximum Gasteiger partial charge on any atom is 0.253 e. The van der Waals surface area contributed by atoms with E-state index in [-0.39, 0.29) is 11.8 Å². The molecule has 2 aromatic rings. The van der Waals surface area contributed by atoms with Crippen LogP contribution < -0.4 is 5.32 Å². The Hall–Kier alpha value is -2.33. The molecule has 0 aliphatic carbocycles. The zero-order valence-electron chi connectivity index (χ0n) is 12.7. The summed E-state index contributed by atoms with van der Waals surface area (Å²) in [6.07, 6.45) is 0. The molecular formula is C17H17ClN2O2. The third-order valence-corrected chi connectivity index (χ3v) is 3.60. The van der Waals surface area contributed by atoms with Crippen LogP contribution in [0.2, 0.25) is 5.02 Å². The molecule has 0 aliphatic heterocycles. The molecule has 2 rings (SSSR count). The van der Waals surface area contributed by atoms with Crippen LogP contribution in [-0.2, 0) is 0 Å². The van der Waals surface area contributed by atoms with Gasteiger partial charge in [-0.2, -0.15) is 0 Å². The molecule has 0 unspecified atom stereocenters. The van der Waals surface area contributed by atoms with Gasteiger partial charge >= 0.3 is 0 Å². The number of hydrogen-bond donors (Lipinski definition) is 1. The van der Waals surface area contributed by atoms with Gasteiger partial charge in [0.25, 0.3) is 11.8 Å². The summed E-state index contributed by atoms with van der Waals surface area (Å²) in [5.41, 5.74) is 2.70. The molecule has 0 radical (unpaired) electrons. The number of benzene rings is 2. The third-order valence-electron chi connectivity index (χ3n) is 3.29. The first-order chi connectivity index (χ1) is 10.4. The number of amides is 2. The summed E-state index contributed by atoms with van der Waals surface area (Å²) >= 11 is 6.28. The van der Waals surface area contributed by atoms with Crippen LogP contribution in [0.15, 0.2) is 42.5 Å². The summed E-state index contributed by atoms with van der Waals surface area (Å²) in [5.74, 6) is -0.259. The normalized spacial score (nSPS) is 10.2. The molecule has 0 fully saturated rings. The van der Waals surface area contributed by atoms with Crippen molar-refractivity contribution < 1.29 is 9.59 Å². The number of carbonyl (C=O) groups is 2. The second-order valence-electron chi connectivity index (χ2n) is 5.05. The van der Waals surface area contributed by atoms with Gasteiger partial charge in [0.15, 0.2) is 0 Å². The van der Waals surface area contributed by atoms with Crippen molar-refractivity contribution in [2.24, 2.45) is 0 Å². The number of rotatable bonds is 3. The fourth-order valence-corrected chi connectivity index (χ4v) is 2.40. The first-order valence-electron chi connectivity index (χ1n) is 6.77. The molecule has 0 aromatic heterocycles. The Balaban J connectivity index is 2.42. The van der Waals surface area contributed by atoms with Crippen molar-refractivity contribution in [3.05, 3.63) is 58.6 Å². The Morgan fingerprint density at radius 2 is 1.77 bits per heavy atom. The fraction of sp³-hybridized carbons (Fsp3) is 0.176. The topological polar surface area (TPSA) is 49.4 Å². The van der Waals surface area contributed by atoms with Crippen LogP contribution in [0.3, 0.4) is 0 Å². The van der Waals surface area contributed by atoms with Crippen LogP contribution in [0.1, 0.15) is 20.7 Å². The highest BCUT2D eigenvalue weighted by atomic mass is 35.5. The Kier molecular flexibility index (Phi) is 4.83. The molecule has 4 nitrogen and oxygen atoms in total. The van der Waals surface area contributed by atoms with Crippen molar-refractivity contribution in [3.8, 4) is 11.1 Å². The Labute approximate surface area is 134 Å². The van der Waals surface area contributed by atoms with E-state index in [0.717, 1.165) is 11.1 Å². The molecule has 0 aliphatic rings. The van der Waals surface area contributed by atoms with Crippen molar-refractivity contribution in [2.45, 2.75) is 0 Å². The monoisotopic (exact) mass is 316 g/mol. The summed E-state index contributed by atoms with van der Waals surface area (Å²) in [4.78, 5) is 25.2. The lowest BCUT2D eigenvalue weighted by molar-refractivity contribution is 0.0827. The van der Waals surface area contributed by atoms with Gasteiger partial charge in [0.05, 0.1) is 0 Å². The molecule has 0 heterocycles. The minimum atomic E-state index is -0.190. The summed E-state index contributed by atoms with van der Waals surface area (Å²) in [5, 5.41) is 3.02. The van der Waals surface area contributed by atoms with Gasteiger partial charge in [-0.25, -0.2) is 0 Å². The maximum atomic E-state index is 12.0. The minimum absolute atomic E-state index is 0.0695. The molecule has 0 atom stereocenters. The summed E-state index contributed by atoms with van der Waals surface area (Å²) in [7, 11) is 4.99. The molecule has 0 saturated heterocycles. The smallest absolute Gasteiger partial charge is 0.253 e. The molecule has 22 heavy (non-hydrogen) atoms. The molecule has 114 valence electrons. The molecule has 2 amide bonds. The molecular weight excluding hydrogens is 300 g/mol. The van der Waals surface area contributed by atoms with Crippen molar-refractivity contribution in [2.75, 3.05) is 21.1 Å². The summed E-state index contributed by atoms with van der Waals surface area (Å²) in [6, 6.07) is 12.4. The highest BCUT2D eigenvalue weighted by Crippen LogP contribution is 2.29. The van der Waals surface area contributed by atoms with Crippen molar-refractivity contribution >= 4 is 23.4 Å². The van der Waals surface area contributed by atoms with Gasteiger partial charge in [-0.05, 0) is 29.8 Å². The van der Waals surface area contributed by atoms with Crippen LogP contribution in [0.25, 0.3) is 11.1 Å². The fourth-order valence-electron chi connectivity index (χ4n) is 2.11. The lowest BCUT2D eigenvalue weighted by atomic mass is 10.0. The SMILES string of the molecule is CNC(=O)c1ccc(-c2cccc(C(=O)N(C)C)c2)c(Cl)c1. The molecule has 0 saturated carbocycles. The van der Waals surface area contributed by atoms with Crippen molar-refractivity contribution in [3.63, 3.8) is 0 Å². The zero-order chi connectivity index (χ0) is 16.3. The van der Waals surface area contributed by atoms with Gasteiger partial charge in [-0.3, -0.25) is 9.59 Å². The van der Waals surface area contributed by atoms with E-state index in [1.54, 1.807) is 51.5 Å². The lowest BCUT2D eigenvalue weighted by Gasteiger charge is -2.12. The quantitative estimate of drug-likeness (QED) is 0.946. The second-order valence-corrected chi connectivity index (χ2v) is 5.46. The minimum Gasteiger partial charge on any atom is -0.355 e. The van der Waals surface area contributed by atoms with Gasteiger partial charge in [0, 0.05) is 42.9 Å². The van der Waals surface area contributed by atoms with Crippen LogP contribution in [0.5, 0.6) is 0 Å². The Morgan fingerprint density at radius 3 is 2.36 bits per heavy atom. The Morgan fingerprint density at radius 1 is 1.05 bits per heavy atom. The first kappa shape index (κ1) is 16.0. The highest BCUT2D eigenvalue weighted by Gasteiger charge is 2.12. The molecule has 0 spiro atoms. The largest absolute Gasteiger partial charge is 0.355 e. The number of nitrogens with zero attached hydrogens (tertiary/aromatic N) is 1. The van der Waals surface area contributed by atoms with Crippen molar-refractivity contribution in [1.29, 1.82) is 0 Å². The van der Waals surface area contributed by atoms with Crippen LogP contribution >= 0.6 is 11.6 Å².